The van der Waals surface area contributed by atoms with Crippen LogP contribution in [0.3, 0.4) is 0 Å². The van der Waals surface area contributed by atoms with Gasteiger partial charge in [0.25, 0.3) is 0 Å². The molecular weight excluding hydrogens is 865 g/mol. The Morgan fingerprint density at radius 1 is 0.471 bits per heavy atom. The van der Waals surface area contributed by atoms with E-state index in [1.54, 1.807) is 0 Å². The minimum Gasteiger partial charge on any atom is -0.456 e. The summed E-state index contributed by atoms with van der Waals surface area (Å²) in [5, 5.41) is 3.89. The first-order valence-electron chi connectivity index (χ1n) is 23.4. The lowest BCUT2D eigenvalue weighted by Crippen LogP contribution is -2.25. The van der Waals surface area contributed by atoms with Crippen LogP contribution in [-0.4, -0.2) is 25.6 Å². The van der Waals surface area contributed by atoms with E-state index >= 15 is 0 Å². The maximum absolute atomic E-state index is 7.16. The molecule has 70 heavy (non-hydrogen) atoms. The monoisotopic (exact) mass is 902 g/mol. The highest BCUT2D eigenvalue weighted by molar-refractivity contribution is 6.16. The Hall–Kier alpha value is -9.60. The molecule has 0 unspecified atom stereocenters. The Balaban J connectivity index is 0.935. The number of nitrogens with zero attached hydrogens (tertiary/aromatic N) is 6. The smallest absolute Gasteiger partial charge is 0.221 e. The van der Waals surface area contributed by atoms with Gasteiger partial charge in [0.15, 0.2) is 11.3 Å². The van der Waals surface area contributed by atoms with E-state index in [9.17, 15) is 0 Å². The van der Waals surface area contributed by atoms with Crippen molar-refractivity contribution >= 4 is 94.5 Å². The number of hydrogen-bond acceptors (Lipinski definition) is 7. The number of pyridine rings is 1. The van der Waals surface area contributed by atoms with Gasteiger partial charge in [0, 0.05) is 56.7 Å². The summed E-state index contributed by atoms with van der Waals surface area (Å²) in [6, 6.07) is 73.7. The first-order valence-corrected chi connectivity index (χ1v) is 23.4. The van der Waals surface area contributed by atoms with Crippen LogP contribution in [0.15, 0.2) is 227 Å². The molecule has 0 saturated heterocycles. The molecule has 15 rings (SSSR count). The van der Waals surface area contributed by atoms with Gasteiger partial charge in [-0.05, 0) is 83.9 Å². The number of fused-ring (bicyclic) bond motifs is 12. The second-order valence-corrected chi connectivity index (χ2v) is 17.8. The molecule has 0 aliphatic carbocycles. The van der Waals surface area contributed by atoms with Crippen LogP contribution in [0.4, 0.5) is 22.7 Å². The quantitative estimate of drug-likeness (QED) is 0.158. The predicted molar refractivity (Wildman–Crippen MR) is 281 cm³/mol. The molecule has 0 atom stereocenters. The number of imidazole rings is 2. The molecular formula is C61H38N6O3. The van der Waals surface area contributed by atoms with E-state index in [4.69, 9.17) is 23.5 Å². The summed E-state index contributed by atoms with van der Waals surface area (Å²) in [6.07, 6.45) is 1.81. The molecule has 9 nitrogen and oxygen atoms in total. The highest BCUT2D eigenvalue weighted by Gasteiger charge is 2.32. The van der Waals surface area contributed by atoms with Crippen molar-refractivity contribution < 1.29 is 13.6 Å². The molecule has 14 aromatic rings. The zero-order valence-electron chi connectivity index (χ0n) is 37.4. The molecule has 5 aromatic heterocycles. The van der Waals surface area contributed by atoms with Crippen molar-refractivity contribution in [3.63, 3.8) is 0 Å². The van der Waals surface area contributed by atoms with E-state index in [1.165, 1.54) is 0 Å². The van der Waals surface area contributed by atoms with Crippen LogP contribution >= 0.6 is 0 Å². The lowest BCUT2D eigenvalue weighted by Gasteiger charge is -2.27. The van der Waals surface area contributed by atoms with Crippen molar-refractivity contribution in [2.75, 3.05) is 16.5 Å². The van der Waals surface area contributed by atoms with Crippen LogP contribution in [-0.2, 0) is 0 Å². The third kappa shape index (κ3) is 5.78. The number of aromatic nitrogens is 4. The van der Waals surface area contributed by atoms with Gasteiger partial charge in [-0.25, -0.2) is 9.97 Å². The molecule has 0 radical (unpaired) electrons. The molecule has 0 bridgehead atoms. The zero-order chi connectivity index (χ0) is 45.9. The van der Waals surface area contributed by atoms with E-state index in [0.717, 1.165) is 117 Å². The normalized spacial score (nSPS) is 12.7. The number of hydrogen-bond donors (Lipinski definition) is 0. The van der Waals surface area contributed by atoms with Crippen LogP contribution in [0, 0.1) is 0 Å². The van der Waals surface area contributed by atoms with Crippen molar-refractivity contribution in [3.05, 3.63) is 219 Å². The van der Waals surface area contributed by atoms with Crippen LogP contribution in [0.1, 0.15) is 0 Å². The van der Waals surface area contributed by atoms with Crippen LogP contribution in [0.5, 0.6) is 11.5 Å². The Kier molecular flexibility index (Phi) is 8.22. The molecule has 0 saturated carbocycles. The van der Waals surface area contributed by atoms with E-state index in [0.29, 0.717) is 23.8 Å². The van der Waals surface area contributed by atoms with Crippen molar-refractivity contribution in [2.24, 2.45) is 0 Å². The molecule has 330 valence electrons. The average molecular weight is 903 g/mol. The van der Waals surface area contributed by atoms with Crippen molar-refractivity contribution in [2.45, 2.75) is 0 Å². The second-order valence-electron chi connectivity index (χ2n) is 17.8. The fourth-order valence-electron chi connectivity index (χ4n) is 10.7. The van der Waals surface area contributed by atoms with Gasteiger partial charge in [-0.15, -0.1) is 0 Å². The fourth-order valence-corrected chi connectivity index (χ4v) is 10.7. The Morgan fingerprint density at radius 2 is 1.16 bits per heavy atom. The minimum atomic E-state index is 0.537. The maximum atomic E-state index is 7.16. The number of benzene rings is 9. The van der Waals surface area contributed by atoms with E-state index in [1.807, 2.05) is 66.9 Å². The molecule has 0 N–H and O–H groups in total. The first kappa shape index (κ1) is 38.5. The number of furan rings is 2. The molecule has 9 aromatic carbocycles. The summed E-state index contributed by atoms with van der Waals surface area (Å²) in [5.74, 6) is 2.75. The summed E-state index contributed by atoms with van der Waals surface area (Å²) in [5.41, 5.74) is 15.7. The van der Waals surface area contributed by atoms with Crippen molar-refractivity contribution in [3.8, 4) is 39.6 Å². The number of anilines is 4. The number of para-hydroxylation sites is 6. The third-order valence-electron chi connectivity index (χ3n) is 13.8. The van der Waals surface area contributed by atoms with Gasteiger partial charge in [-0.3, -0.25) is 8.97 Å². The summed E-state index contributed by atoms with van der Waals surface area (Å²) in [6.45, 7) is 0.537. The molecule has 6 heterocycles. The number of ether oxygens (including phenoxy) is 1. The van der Waals surface area contributed by atoms with Gasteiger partial charge >= 0.3 is 0 Å². The summed E-state index contributed by atoms with van der Waals surface area (Å²) >= 11 is 0. The lowest BCUT2D eigenvalue weighted by molar-refractivity contribution is 0.477. The molecule has 0 fully saturated rings. The highest BCUT2D eigenvalue weighted by atomic mass is 16.5. The van der Waals surface area contributed by atoms with Crippen LogP contribution in [0.2, 0.25) is 0 Å². The fraction of sp³-hybridized carbons (Fsp3) is 0.0164. The third-order valence-corrected chi connectivity index (χ3v) is 13.8. The topological polar surface area (TPSA) is 77.1 Å². The predicted octanol–water partition coefficient (Wildman–Crippen LogP) is 16.0. The Morgan fingerprint density at radius 3 is 1.94 bits per heavy atom. The second kappa shape index (κ2) is 15.0. The maximum Gasteiger partial charge on any atom is 0.221 e. The van der Waals surface area contributed by atoms with E-state index < -0.39 is 0 Å². The molecule has 1 aliphatic rings. The number of rotatable bonds is 7. The van der Waals surface area contributed by atoms with Crippen LogP contribution in [0.25, 0.3) is 99.8 Å². The van der Waals surface area contributed by atoms with Gasteiger partial charge in [-0.2, -0.15) is 0 Å². The largest absolute Gasteiger partial charge is 0.456 e. The van der Waals surface area contributed by atoms with Gasteiger partial charge in [0.1, 0.15) is 35.0 Å². The van der Waals surface area contributed by atoms with Gasteiger partial charge in [0.05, 0.1) is 39.1 Å². The molecule has 0 amide bonds. The van der Waals surface area contributed by atoms with Gasteiger partial charge < -0.3 is 23.4 Å². The van der Waals surface area contributed by atoms with Crippen molar-refractivity contribution in [1.29, 1.82) is 0 Å². The average Bonchev–Trinajstić information content (AvgIpc) is 4.24. The van der Waals surface area contributed by atoms with E-state index in [2.05, 4.69) is 170 Å². The molecule has 9 heteroatoms. The summed E-state index contributed by atoms with van der Waals surface area (Å²) in [4.78, 5) is 14.7. The zero-order valence-corrected chi connectivity index (χ0v) is 37.4. The molecule has 0 spiro atoms. The highest BCUT2D eigenvalue weighted by Crippen LogP contribution is 2.52. The summed E-state index contributed by atoms with van der Waals surface area (Å²) in [7, 11) is 0. The van der Waals surface area contributed by atoms with Gasteiger partial charge in [0.2, 0.25) is 5.78 Å². The first-order chi connectivity index (χ1) is 34.7. The SMILES string of the molecule is c1ccc(-c2cccc(-c3ccccc3)c2N2CN(c3cc(Oc4ccc5c(c4)n(-c4ccccn4)c4nc6ccccc6n54)c4oc5cc6c(cc5c4c3)oc3ccccc36)c3ccccc32)cc1. The van der Waals surface area contributed by atoms with E-state index in [-0.39, 0.29) is 0 Å². The van der Waals surface area contributed by atoms with Crippen LogP contribution < -0.4 is 14.5 Å². The Labute approximate surface area is 399 Å². The standard InChI is InChI=1S/C61H38N6O3/c1-3-16-38(17-4-1)42-21-15-22-43(39-18-5-2-6-19-39)59(42)65-37-64(50-25-10-11-26-51(50)65)40-32-47-46-36-55-45(44-20-7-12-27-54(44)69-55)35-56(46)70-60(47)57(33-40)68-41-29-30-52-53(34-41)67(58-28-13-14-31-62-58)61-63-48-23-8-9-24-49(48)66(52)61/h1-36H,37H2. The Bertz CT molecular complexity index is 4320. The van der Waals surface area contributed by atoms with Crippen molar-refractivity contribution in [1.82, 2.24) is 18.9 Å². The van der Waals surface area contributed by atoms with Gasteiger partial charge in [-0.1, -0.05) is 127 Å². The lowest BCUT2D eigenvalue weighted by atomic mass is 9.95. The minimum absolute atomic E-state index is 0.537. The molecule has 1 aliphatic heterocycles. The summed E-state index contributed by atoms with van der Waals surface area (Å²) < 4.78 is 24.8.